The predicted octanol–water partition coefficient (Wildman–Crippen LogP) is 0.0580. The molecule has 2 rings (SSSR count). The van der Waals surface area contributed by atoms with Crippen molar-refractivity contribution in [1.82, 2.24) is 14.5 Å². The molecule has 1 radical (unpaired) electrons. The summed E-state index contributed by atoms with van der Waals surface area (Å²) in [5.41, 5.74) is 0. The number of rotatable bonds is 2. The lowest BCUT2D eigenvalue weighted by atomic mass is 10.4. The molecule has 1 unspecified atom stereocenters. The van der Waals surface area contributed by atoms with Crippen molar-refractivity contribution < 1.29 is 9.90 Å². The molecule has 0 bridgehead atoms. The highest BCUT2D eigenvalue weighted by molar-refractivity contribution is 7.99. The zero-order valence-corrected chi connectivity index (χ0v) is 9.90. The number of aliphatic hydroxyl groups excluding tert-OH is 1. The maximum Gasteiger partial charge on any atom is 0.273 e. The first-order valence-corrected chi connectivity index (χ1v) is 6.32. The minimum absolute atomic E-state index is 0.255. The summed E-state index contributed by atoms with van der Waals surface area (Å²) >= 11 is 1.83. The Hall–Kier alpha value is -1.01. The van der Waals surface area contributed by atoms with Gasteiger partial charge in [-0.2, -0.15) is 11.8 Å². The van der Waals surface area contributed by atoms with E-state index in [4.69, 9.17) is 0 Å². The number of aromatic nitrogens is 2. The van der Waals surface area contributed by atoms with E-state index in [1.165, 1.54) is 10.8 Å². The molecule has 1 aromatic rings. The van der Waals surface area contributed by atoms with Gasteiger partial charge in [-0.15, -0.1) is 0 Å². The van der Waals surface area contributed by atoms with Crippen molar-refractivity contribution in [1.29, 1.82) is 0 Å². The molecule has 6 heteroatoms. The third-order valence-corrected chi connectivity index (χ3v) is 3.55. The number of aryl methyl sites for hydroxylation is 1. The lowest BCUT2D eigenvalue weighted by Crippen LogP contribution is -2.42. The Kier molecular flexibility index (Phi) is 3.50. The molecule has 87 valence electrons. The predicted molar refractivity (Wildman–Crippen MR) is 61.0 cm³/mol. The van der Waals surface area contributed by atoms with Crippen molar-refractivity contribution in [2.75, 3.05) is 24.6 Å². The maximum atomic E-state index is 12.0. The summed E-state index contributed by atoms with van der Waals surface area (Å²) in [6.07, 6.45) is 2.95. The van der Waals surface area contributed by atoms with Crippen molar-refractivity contribution >= 4 is 17.7 Å². The summed E-state index contributed by atoms with van der Waals surface area (Å²) in [7, 11) is 0. The Balaban J connectivity index is 2.06. The SMILES string of the molecule is Cc1n[c]cn1C(O)C(=O)N1CCSCC1. The van der Waals surface area contributed by atoms with Gasteiger partial charge in [0.25, 0.3) is 5.91 Å². The topological polar surface area (TPSA) is 58.4 Å². The van der Waals surface area contributed by atoms with Gasteiger partial charge in [0.15, 0.2) is 0 Å². The molecule has 1 aliphatic rings. The van der Waals surface area contributed by atoms with Gasteiger partial charge in [-0.3, -0.25) is 9.36 Å². The largest absolute Gasteiger partial charge is 0.365 e. The molecule has 1 atom stereocenters. The van der Waals surface area contributed by atoms with E-state index in [9.17, 15) is 9.90 Å². The molecular weight excluding hydrogens is 226 g/mol. The molecule has 1 aliphatic heterocycles. The van der Waals surface area contributed by atoms with E-state index in [0.29, 0.717) is 18.9 Å². The number of nitrogens with zero attached hydrogens (tertiary/aromatic N) is 3. The molecule has 1 saturated heterocycles. The second kappa shape index (κ2) is 4.88. The van der Waals surface area contributed by atoms with Gasteiger partial charge in [0.2, 0.25) is 6.23 Å². The monoisotopic (exact) mass is 240 g/mol. The maximum absolute atomic E-state index is 12.0. The quantitative estimate of drug-likeness (QED) is 0.794. The van der Waals surface area contributed by atoms with E-state index in [0.717, 1.165) is 11.5 Å². The van der Waals surface area contributed by atoms with Crippen LogP contribution in [0.1, 0.15) is 12.1 Å². The minimum atomic E-state index is -1.16. The van der Waals surface area contributed by atoms with Crippen LogP contribution in [0.3, 0.4) is 0 Å². The minimum Gasteiger partial charge on any atom is -0.365 e. The van der Waals surface area contributed by atoms with Gasteiger partial charge in [-0.1, -0.05) is 0 Å². The smallest absolute Gasteiger partial charge is 0.273 e. The fourth-order valence-electron chi connectivity index (χ4n) is 1.65. The van der Waals surface area contributed by atoms with Gasteiger partial charge >= 0.3 is 0 Å². The number of imidazole rings is 1. The molecule has 16 heavy (non-hydrogen) atoms. The van der Waals surface area contributed by atoms with Crippen LogP contribution in [0.2, 0.25) is 0 Å². The lowest BCUT2D eigenvalue weighted by Gasteiger charge is -2.28. The van der Waals surface area contributed by atoms with E-state index >= 15 is 0 Å². The van der Waals surface area contributed by atoms with Crippen molar-refractivity contribution in [2.24, 2.45) is 0 Å². The number of carbonyl (C=O) groups excluding carboxylic acids is 1. The van der Waals surface area contributed by atoms with E-state index in [2.05, 4.69) is 11.2 Å². The molecular formula is C10H14N3O2S. The van der Waals surface area contributed by atoms with Gasteiger partial charge in [0.1, 0.15) is 12.0 Å². The first-order valence-electron chi connectivity index (χ1n) is 5.16. The van der Waals surface area contributed by atoms with Crippen LogP contribution in [-0.4, -0.2) is 50.1 Å². The first kappa shape index (κ1) is 11.5. The zero-order chi connectivity index (χ0) is 11.5. The second-order valence-corrected chi connectivity index (χ2v) is 4.86. The van der Waals surface area contributed by atoms with Crippen molar-refractivity contribution in [3.63, 3.8) is 0 Å². The highest BCUT2D eigenvalue weighted by Gasteiger charge is 2.25. The molecule has 0 spiro atoms. The summed E-state index contributed by atoms with van der Waals surface area (Å²) in [6, 6.07) is 0. The van der Waals surface area contributed by atoms with Crippen LogP contribution in [0, 0.1) is 13.1 Å². The molecule has 1 N–H and O–H groups in total. The fraction of sp³-hybridized carbons (Fsp3) is 0.600. The highest BCUT2D eigenvalue weighted by atomic mass is 32.2. The lowest BCUT2D eigenvalue weighted by molar-refractivity contribution is -0.144. The van der Waals surface area contributed by atoms with Crippen LogP contribution in [0.15, 0.2) is 6.20 Å². The summed E-state index contributed by atoms with van der Waals surface area (Å²) in [5, 5.41) is 9.92. The highest BCUT2D eigenvalue weighted by Crippen LogP contribution is 2.14. The molecule has 1 fully saturated rings. The van der Waals surface area contributed by atoms with Crippen LogP contribution >= 0.6 is 11.8 Å². The molecule has 1 aromatic heterocycles. The van der Waals surface area contributed by atoms with Crippen molar-refractivity contribution in [3.8, 4) is 0 Å². The summed E-state index contributed by atoms with van der Waals surface area (Å²) < 4.78 is 1.43. The van der Waals surface area contributed by atoms with Crippen molar-refractivity contribution in [2.45, 2.75) is 13.2 Å². The Bertz CT molecular complexity index is 374. The van der Waals surface area contributed by atoms with Crippen LogP contribution < -0.4 is 0 Å². The number of amides is 1. The molecule has 0 aromatic carbocycles. The molecule has 0 saturated carbocycles. The molecule has 5 nitrogen and oxygen atoms in total. The van der Waals surface area contributed by atoms with Gasteiger partial charge < -0.3 is 10.0 Å². The Morgan fingerprint density at radius 1 is 1.62 bits per heavy atom. The Morgan fingerprint density at radius 2 is 2.31 bits per heavy atom. The number of hydrogen-bond donors (Lipinski definition) is 1. The normalized spacial score (nSPS) is 18.5. The molecule has 2 heterocycles. The summed E-state index contributed by atoms with van der Waals surface area (Å²) in [4.78, 5) is 17.5. The van der Waals surface area contributed by atoms with Crippen LogP contribution in [0.5, 0.6) is 0 Å². The third-order valence-electron chi connectivity index (χ3n) is 2.60. The van der Waals surface area contributed by atoms with Crippen LogP contribution in [0.4, 0.5) is 0 Å². The van der Waals surface area contributed by atoms with E-state index in [1.807, 2.05) is 11.8 Å². The number of carbonyl (C=O) groups is 1. The van der Waals surface area contributed by atoms with Gasteiger partial charge in [0.05, 0.1) is 0 Å². The van der Waals surface area contributed by atoms with E-state index < -0.39 is 6.23 Å². The standard InChI is InChI=1S/C10H14N3O2S/c1-8-11-2-3-13(8)10(15)9(14)12-4-6-16-7-5-12/h3,10,15H,4-7H2,1H3. The third kappa shape index (κ3) is 2.22. The average Bonchev–Trinajstić information content (AvgIpc) is 2.75. The van der Waals surface area contributed by atoms with Gasteiger partial charge in [-0.05, 0) is 6.92 Å². The van der Waals surface area contributed by atoms with E-state index in [1.54, 1.807) is 11.8 Å². The molecule has 1 amide bonds. The first-order chi connectivity index (χ1) is 7.70. The van der Waals surface area contributed by atoms with Crippen molar-refractivity contribution in [3.05, 3.63) is 18.2 Å². The van der Waals surface area contributed by atoms with E-state index in [-0.39, 0.29) is 5.91 Å². The number of thioether (sulfide) groups is 1. The van der Waals surface area contributed by atoms with Gasteiger partial charge in [0, 0.05) is 30.8 Å². The fourth-order valence-corrected chi connectivity index (χ4v) is 2.55. The van der Waals surface area contributed by atoms with Gasteiger partial charge in [-0.25, -0.2) is 4.98 Å². The summed E-state index contributed by atoms with van der Waals surface area (Å²) in [6.45, 7) is 3.15. The van der Waals surface area contributed by atoms with Crippen LogP contribution in [-0.2, 0) is 4.79 Å². The second-order valence-electron chi connectivity index (χ2n) is 3.64. The van der Waals surface area contributed by atoms with Crippen LogP contribution in [0.25, 0.3) is 0 Å². The Labute approximate surface area is 98.5 Å². The number of hydrogen-bond acceptors (Lipinski definition) is 4. The Morgan fingerprint density at radius 3 is 2.88 bits per heavy atom. The molecule has 0 aliphatic carbocycles. The number of aliphatic hydroxyl groups is 1. The average molecular weight is 240 g/mol. The zero-order valence-electron chi connectivity index (χ0n) is 9.09. The summed E-state index contributed by atoms with van der Waals surface area (Å²) in [5.74, 6) is 2.21.